The largest absolute Gasteiger partial charge is 0.459 e. The number of hydrogen-bond donors (Lipinski definition) is 1. The lowest BCUT2D eigenvalue weighted by Gasteiger charge is -2.31. The third kappa shape index (κ3) is 5.12. The molecule has 6 heteroatoms. The molecule has 1 atom stereocenters. The molecule has 2 amide bonds. The molecular formula is C21H33N3O3. The Morgan fingerprint density at radius 2 is 2.00 bits per heavy atom. The molecule has 6 nitrogen and oxygen atoms in total. The summed E-state index contributed by atoms with van der Waals surface area (Å²) in [6.45, 7) is 8.58. The van der Waals surface area contributed by atoms with Crippen molar-refractivity contribution in [3.8, 4) is 0 Å². The minimum absolute atomic E-state index is 0.00858. The van der Waals surface area contributed by atoms with E-state index in [2.05, 4.69) is 17.1 Å². The third-order valence-corrected chi connectivity index (χ3v) is 6.18. The van der Waals surface area contributed by atoms with E-state index in [0.29, 0.717) is 24.1 Å². The number of hydrogen-bond acceptors (Lipinski definition) is 4. The van der Waals surface area contributed by atoms with Gasteiger partial charge in [-0.25, -0.2) is 0 Å². The highest BCUT2D eigenvalue weighted by atomic mass is 16.3. The van der Waals surface area contributed by atoms with Gasteiger partial charge in [-0.15, -0.1) is 0 Å². The van der Waals surface area contributed by atoms with Crippen LogP contribution in [0.3, 0.4) is 0 Å². The highest BCUT2D eigenvalue weighted by molar-refractivity contribution is 5.92. The number of aryl methyl sites for hydroxylation is 1. The van der Waals surface area contributed by atoms with Crippen LogP contribution in [0.2, 0.25) is 0 Å². The number of piperidine rings is 1. The van der Waals surface area contributed by atoms with Crippen LogP contribution < -0.4 is 5.32 Å². The van der Waals surface area contributed by atoms with Crippen LogP contribution >= 0.6 is 0 Å². The van der Waals surface area contributed by atoms with Crippen molar-refractivity contribution in [2.45, 2.75) is 58.4 Å². The molecule has 1 N–H and O–H groups in total. The van der Waals surface area contributed by atoms with Gasteiger partial charge < -0.3 is 14.6 Å². The summed E-state index contributed by atoms with van der Waals surface area (Å²) in [4.78, 5) is 29.0. The van der Waals surface area contributed by atoms with Crippen molar-refractivity contribution in [3.63, 3.8) is 0 Å². The lowest BCUT2D eigenvalue weighted by atomic mass is 9.92. The maximum Gasteiger partial charge on any atom is 0.289 e. The fourth-order valence-corrected chi connectivity index (χ4v) is 4.36. The number of likely N-dealkylation sites (N-methyl/N-ethyl adjacent to an activating group) is 1. The van der Waals surface area contributed by atoms with Gasteiger partial charge in [-0.2, -0.15) is 0 Å². The summed E-state index contributed by atoms with van der Waals surface area (Å²) in [6, 6.07) is 2.34. The Labute approximate surface area is 162 Å². The Kier molecular flexibility index (Phi) is 6.94. The number of nitrogens with zero attached hydrogens (tertiary/aromatic N) is 2. The van der Waals surface area contributed by atoms with Gasteiger partial charge in [0.25, 0.3) is 5.91 Å². The zero-order valence-corrected chi connectivity index (χ0v) is 16.7. The maximum absolute atomic E-state index is 12.5. The first kappa shape index (κ1) is 19.9. The predicted molar refractivity (Wildman–Crippen MR) is 105 cm³/mol. The highest BCUT2D eigenvalue weighted by Crippen LogP contribution is 2.24. The molecule has 3 rings (SSSR count). The summed E-state index contributed by atoms with van der Waals surface area (Å²) < 4.78 is 5.32. The molecule has 27 heavy (non-hydrogen) atoms. The fraction of sp³-hybridized carbons (Fsp3) is 0.714. The molecule has 0 radical (unpaired) electrons. The Bertz CT molecular complexity index is 634. The molecule has 1 unspecified atom stereocenters. The predicted octanol–water partition coefficient (Wildman–Crippen LogP) is 2.82. The van der Waals surface area contributed by atoms with Crippen LogP contribution in [0.4, 0.5) is 0 Å². The normalized spacial score (nSPS) is 21.6. The average Bonchev–Trinajstić information content (AvgIpc) is 3.32. The summed E-state index contributed by atoms with van der Waals surface area (Å²) in [7, 11) is 0. The molecule has 1 aromatic heterocycles. The number of carbonyl (C=O) groups is 2. The van der Waals surface area contributed by atoms with Gasteiger partial charge in [-0.3, -0.25) is 14.5 Å². The number of likely N-dealkylation sites (tertiary alicyclic amines) is 2. The van der Waals surface area contributed by atoms with Crippen LogP contribution in [0.25, 0.3) is 0 Å². The maximum atomic E-state index is 12.5. The molecule has 0 saturated carbocycles. The van der Waals surface area contributed by atoms with Gasteiger partial charge in [0.05, 0.1) is 6.26 Å². The minimum atomic E-state index is -0.00858. The fourth-order valence-electron chi connectivity index (χ4n) is 4.36. The van der Waals surface area contributed by atoms with E-state index in [9.17, 15) is 9.59 Å². The van der Waals surface area contributed by atoms with Gasteiger partial charge in [-0.1, -0.05) is 6.92 Å². The molecule has 2 saturated heterocycles. The number of carbonyl (C=O) groups excluding carboxylic acids is 2. The van der Waals surface area contributed by atoms with Crippen molar-refractivity contribution >= 4 is 11.8 Å². The summed E-state index contributed by atoms with van der Waals surface area (Å²) in [5.74, 6) is 1.14. The van der Waals surface area contributed by atoms with E-state index in [4.69, 9.17) is 4.42 Å². The summed E-state index contributed by atoms with van der Waals surface area (Å²) in [6.07, 6.45) is 7.43. The van der Waals surface area contributed by atoms with Crippen molar-refractivity contribution < 1.29 is 14.0 Å². The Hall–Kier alpha value is -1.82. The van der Waals surface area contributed by atoms with Crippen LogP contribution in [-0.2, 0) is 4.79 Å². The van der Waals surface area contributed by atoms with Crippen molar-refractivity contribution in [2.75, 3.05) is 32.7 Å². The molecular weight excluding hydrogens is 342 g/mol. The van der Waals surface area contributed by atoms with Crippen LogP contribution in [0.1, 0.15) is 61.6 Å². The Balaban J connectivity index is 1.34. The van der Waals surface area contributed by atoms with E-state index >= 15 is 0 Å². The zero-order chi connectivity index (χ0) is 19.2. The second-order valence-corrected chi connectivity index (χ2v) is 7.94. The van der Waals surface area contributed by atoms with Crippen molar-refractivity contribution in [2.24, 2.45) is 5.92 Å². The number of rotatable bonds is 7. The highest BCUT2D eigenvalue weighted by Gasteiger charge is 2.27. The third-order valence-electron chi connectivity index (χ3n) is 6.18. The number of nitrogens with one attached hydrogen (secondary N) is 1. The molecule has 150 valence electrons. The molecule has 0 spiro atoms. The quantitative estimate of drug-likeness (QED) is 0.796. The van der Waals surface area contributed by atoms with Crippen LogP contribution in [-0.4, -0.2) is 60.4 Å². The first-order valence-electron chi connectivity index (χ1n) is 10.4. The van der Waals surface area contributed by atoms with Crippen LogP contribution in [0.5, 0.6) is 0 Å². The van der Waals surface area contributed by atoms with Crippen molar-refractivity contribution in [3.05, 3.63) is 23.7 Å². The SMILES string of the molecule is CCN1CCCC1CNC(=O)CCC1CCN(C(=O)c2occc2C)CC1. The van der Waals surface area contributed by atoms with Gasteiger partial charge in [0.2, 0.25) is 5.91 Å². The van der Waals surface area contributed by atoms with E-state index in [1.807, 2.05) is 17.9 Å². The average molecular weight is 376 g/mol. The lowest BCUT2D eigenvalue weighted by molar-refractivity contribution is -0.121. The molecule has 0 aromatic carbocycles. The first-order valence-corrected chi connectivity index (χ1v) is 10.4. The standard InChI is InChI=1S/C21H33N3O3/c1-3-23-11-4-5-18(23)15-22-19(25)7-6-17-8-12-24(13-9-17)21(26)20-16(2)10-14-27-20/h10,14,17-18H,3-9,11-13,15H2,1-2H3,(H,22,25). The van der Waals surface area contributed by atoms with E-state index in [0.717, 1.165) is 57.5 Å². The lowest BCUT2D eigenvalue weighted by Crippen LogP contribution is -2.40. The molecule has 2 aliphatic rings. The van der Waals surface area contributed by atoms with E-state index in [-0.39, 0.29) is 11.8 Å². The second kappa shape index (κ2) is 9.40. The first-order chi connectivity index (χ1) is 13.1. The molecule has 0 aliphatic carbocycles. The van der Waals surface area contributed by atoms with Gasteiger partial charge in [0, 0.05) is 37.7 Å². The van der Waals surface area contributed by atoms with Crippen LogP contribution in [0.15, 0.2) is 16.7 Å². The summed E-state index contributed by atoms with van der Waals surface area (Å²) in [5.41, 5.74) is 0.891. The summed E-state index contributed by atoms with van der Waals surface area (Å²) >= 11 is 0. The molecule has 1 aromatic rings. The number of amides is 2. The van der Waals surface area contributed by atoms with Gasteiger partial charge in [0.1, 0.15) is 0 Å². The van der Waals surface area contributed by atoms with E-state index in [1.165, 1.54) is 12.8 Å². The molecule has 2 aliphatic heterocycles. The van der Waals surface area contributed by atoms with E-state index < -0.39 is 0 Å². The number of furan rings is 1. The summed E-state index contributed by atoms with van der Waals surface area (Å²) in [5, 5.41) is 3.12. The topological polar surface area (TPSA) is 65.8 Å². The van der Waals surface area contributed by atoms with Crippen molar-refractivity contribution in [1.29, 1.82) is 0 Å². The van der Waals surface area contributed by atoms with Crippen LogP contribution in [0, 0.1) is 12.8 Å². The molecule has 0 bridgehead atoms. The second-order valence-electron chi connectivity index (χ2n) is 7.94. The zero-order valence-electron chi connectivity index (χ0n) is 16.7. The Morgan fingerprint density at radius 3 is 2.67 bits per heavy atom. The van der Waals surface area contributed by atoms with Gasteiger partial charge in [-0.05, 0) is 64.1 Å². The van der Waals surface area contributed by atoms with Gasteiger partial charge >= 0.3 is 0 Å². The van der Waals surface area contributed by atoms with E-state index in [1.54, 1.807) is 6.26 Å². The monoisotopic (exact) mass is 375 g/mol. The molecule has 2 fully saturated rings. The Morgan fingerprint density at radius 1 is 1.22 bits per heavy atom. The van der Waals surface area contributed by atoms with Gasteiger partial charge in [0.15, 0.2) is 5.76 Å². The smallest absolute Gasteiger partial charge is 0.289 e. The molecule has 3 heterocycles. The van der Waals surface area contributed by atoms with Crippen molar-refractivity contribution in [1.82, 2.24) is 15.1 Å². The minimum Gasteiger partial charge on any atom is -0.459 e.